The Balaban J connectivity index is 1.43. The van der Waals surface area contributed by atoms with Crippen molar-refractivity contribution < 1.29 is 9.47 Å². The number of hydrogen-bond acceptors (Lipinski definition) is 5. The van der Waals surface area contributed by atoms with Crippen LogP contribution in [0.4, 0.5) is 0 Å². The molecule has 1 aliphatic heterocycles. The molecule has 0 aliphatic carbocycles. The minimum Gasteiger partial charge on any atom is -0.494 e. The van der Waals surface area contributed by atoms with Crippen molar-refractivity contribution in [1.82, 2.24) is 25.4 Å². The van der Waals surface area contributed by atoms with Gasteiger partial charge in [0.05, 0.1) is 18.8 Å². The molecule has 2 N–H and O–H groups in total. The number of fused-ring (bicyclic) bond motifs is 1. The Kier molecular flexibility index (Phi) is 6.89. The van der Waals surface area contributed by atoms with Crippen LogP contribution in [-0.2, 0) is 19.5 Å². The molecule has 1 aliphatic rings. The third-order valence-corrected chi connectivity index (χ3v) is 5.21. The fourth-order valence-corrected chi connectivity index (χ4v) is 3.70. The molecule has 4 rings (SSSR count). The van der Waals surface area contributed by atoms with Gasteiger partial charge in [0, 0.05) is 30.6 Å². The molecule has 8 heteroatoms. The lowest BCUT2D eigenvalue weighted by Gasteiger charge is -2.15. The number of rotatable bonds is 8. The van der Waals surface area contributed by atoms with Crippen LogP contribution in [0.2, 0.25) is 0 Å². The Morgan fingerprint density at radius 2 is 2.06 bits per heavy atom. The predicted molar refractivity (Wildman–Crippen MR) is 124 cm³/mol. The molecule has 32 heavy (non-hydrogen) atoms. The molecule has 0 spiro atoms. The summed E-state index contributed by atoms with van der Waals surface area (Å²) in [4.78, 5) is 8.72. The number of aromatic nitrogens is 3. The van der Waals surface area contributed by atoms with Crippen molar-refractivity contribution in [1.29, 1.82) is 0 Å². The largest absolute Gasteiger partial charge is 0.494 e. The molecule has 0 saturated carbocycles. The Morgan fingerprint density at radius 1 is 1.22 bits per heavy atom. The van der Waals surface area contributed by atoms with E-state index in [0.717, 1.165) is 47.2 Å². The highest BCUT2D eigenvalue weighted by atomic mass is 16.5. The lowest BCUT2D eigenvalue weighted by atomic mass is 10.1. The highest BCUT2D eigenvalue weighted by molar-refractivity contribution is 5.79. The van der Waals surface area contributed by atoms with Gasteiger partial charge >= 0.3 is 0 Å². The van der Waals surface area contributed by atoms with Crippen LogP contribution in [0.25, 0.3) is 5.69 Å². The van der Waals surface area contributed by atoms with Gasteiger partial charge in [-0.3, -0.25) is 0 Å². The molecule has 2 heterocycles. The summed E-state index contributed by atoms with van der Waals surface area (Å²) in [7, 11) is 0. The molecule has 0 radical (unpaired) electrons. The van der Waals surface area contributed by atoms with E-state index in [1.165, 1.54) is 11.9 Å². The Morgan fingerprint density at radius 3 is 2.78 bits per heavy atom. The second-order valence-corrected chi connectivity index (χ2v) is 7.69. The molecule has 1 atom stereocenters. The summed E-state index contributed by atoms with van der Waals surface area (Å²) in [6, 6.07) is 12.3. The fourth-order valence-electron chi connectivity index (χ4n) is 3.70. The van der Waals surface area contributed by atoms with E-state index >= 15 is 0 Å². The maximum Gasteiger partial charge on any atom is 0.191 e. The number of hydrogen-bond donors (Lipinski definition) is 2. The van der Waals surface area contributed by atoms with Crippen LogP contribution in [0.1, 0.15) is 37.5 Å². The average Bonchev–Trinajstić information content (AvgIpc) is 3.45. The van der Waals surface area contributed by atoms with Gasteiger partial charge in [-0.2, -0.15) is 5.10 Å². The molecular formula is C24H30N6O2. The van der Waals surface area contributed by atoms with Gasteiger partial charge in [0.15, 0.2) is 5.96 Å². The van der Waals surface area contributed by atoms with Crippen LogP contribution in [-0.4, -0.2) is 40.0 Å². The number of ether oxygens (including phenoxy) is 2. The SMILES string of the molecule is CCNC(=NCc1ccc(-n2cncn2)cc1)NCc1cc2c(cc1OCC)CC(C)O2. The average molecular weight is 435 g/mol. The minimum absolute atomic E-state index is 0.206. The number of aliphatic imine (C=N–C) groups is 1. The van der Waals surface area contributed by atoms with Gasteiger partial charge in [-0.1, -0.05) is 12.1 Å². The Hall–Kier alpha value is -3.55. The summed E-state index contributed by atoms with van der Waals surface area (Å²) in [6.07, 6.45) is 4.33. The van der Waals surface area contributed by atoms with Crippen molar-refractivity contribution in [2.24, 2.45) is 4.99 Å². The van der Waals surface area contributed by atoms with E-state index in [1.54, 1.807) is 11.0 Å². The van der Waals surface area contributed by atoms with Gasteiger partial charge in [-0.05, 0) is 50.6 Å². The second kappa shape index (κ2) is 10.2. The first-order valence-electron chi connectivity index (χ1n) is 11.1. The van der Waals surface area contributed by atoms with Gasteiger partial charge in [-0.25, -0.2) is 14.7 Å². The van der Waals surface area contributed by atoms with E-state index < -0.39 is 0 Å². The van der Waals surface area contributed by atoms with Crippen LogP contribution in [0.15, 0.2) is 54.0 Å². The Labute approximate surface area is 188 Å². The zero-order valence-electron chi connectivity index (χ0n) is 18.8. The van der Waals surface area contributed by atoms with E-state index in [2.05, 4.69) is 58.8 Å². The van der Waals surface area contributed by atoms with E-state index in [-0.39, 0.29) is 6.10 Å². The zero-order chi connectivity index (χ0) is 22.3. The number of guanidine groups is 1. The Bertz CT molecular complexity index is 1050. The van der Waals surface area contributed by atoms with Gasteiger partial charge in [-0.15, -0.1) is 0 Å². The molecule has 8 nitrogen and oxygen atoms in total. The van der Waals surface area contributed by atoms with Gasteiger partial charge in [0.2, 0.25) is 0 Å². The zero-order valence-corrected chi connectivity index (χ0v) is 18.8. The smallest absolute Gasteiger partial charge is 0.191 e. The van der Waals surface area contributed by atoms with Crippen LogP contribution in [0.5, 0.6) is 11.5 Å². The minimum atomic E-state index is 0.206. The molecule has 0 amide bonds. The summed E-state index contributed by atoms with van der Waals surface area (Å²) >= 11 is 0. The molecular weight excluding hydrogens is 404 g/mol. The highest BCUT2D eigenvalue weighted by Gasteiger charge is 2.21. The summed E-state index contributed by atoms with van der Waals surface area (Å²) in [6.45, 7) is 8.71. The quantitative estimate of drug-likeness (QED) is 0.418. The highest BCUT2D eigenvalue weighted by Crippen LogP contribution is 2.35. The lowest BCUT2D eigenvalue weighted by molar-refractivity contribution is 0.254. The van der Waals surface area contributed by atoms with E-state index in [4.69, 9.17) is 14.5 Å². The first kappa shape index (κ1) is 21.7. The van der Waals surface area contributed by atoms with Crippen molar-refractivity contribution >= 4 is 5.96 Å². The first-order valence-corrected chi connectivity index (χ1v) is 11.1. The summed E-state index contributed by atoms with van der Waals surface area (Å²) in [5, 5.41) is 10.9. The molecule has 2 aromatic carbocycles. The molecule has 0 bridgehead atoms. The number of nitrogens with zero attached hydrogens (tertiary/aromatic N) is 4. The molecule has 0 fully saturated rings. The van der Waals surface area contributed by atoms with E-state index in [0.29, 0.717) is 19.7 Å². The predicted octanol–water partition coefficient (Wildman–Crippen LogP) is 3.24. The summed E-state index contributed by atoms with van der Waals surface area (Å²) < 4.78 is 13.6. The summed E-state index contributed by atoms with van der Waals surface area (Å²) in [5.41, 5.74) is 4.35. The molecule has 3 aromatic rings. The standard InChI is InChI=1S/C24H30N6O2/c1-4-26-24(27-13-18-6-8-21(9-7-18)30-16-25-15-29-30)28-14-20-12-23-19(10-17(3)32-23)11-22(20)31-5-2/h6-9,11-12,15-17H,4-5,10,13-14H2,1-3H3,(H2,26,27,28). The van der Waals surface area contributed by atoms with Crippen molar-refractivity contribution in [2.45, 2.75) is 46.4 Å². The molecule has 0 saturated heterocycles. The van der Waals surface area contributed by atoms with Crippen molar-refractivity contribution in [3.8, 4) is 17.2 Å². The number of benzene rings is 2. The normalized spacial score (nSPS) is 15.2. The van der Waals surface area contributed by atoms with Crippen LogP contribution >= 0.6 is 0 Å². The third kappa shape index (κ3) is 5.19. The fraction of sp³-hybridized carbons (Fsp3) is 0.375. The molecule has 1 aromatic heterocycles. The second-order valence-electron chi connectivity index (χ2n) is 7.69. The van der Waals surface area contributed by atoms with E-state index in [9.17, 15) is 0 Å². The lowest BCUT2D eigenvalue weighted by Crippen LogP contribution is -2.36. The van der Waals surface area contributed by atoms with Crippen LogP contribution < -0.4 is 20.1 Å². The van der Waals surface area contributed by atoms with Crippen molar-refractivity contribution in [3.63, 3.8) is 0 Å². The molecule has 168 valence electrons. The monoisotopic (exact) mass is 434 g/mol. The van der Waals surface area contributed by atoms with E-state index in [1.807, 2.05) is 19.1 Å². The third-order valence-electron chi connectivity index (χ3n) is 5.21. The maximum absolute atomic E-state index is 5.94. The summed E-state index contributed by atoms with van der Waals surface area (Å²) in [5.74, 6) is 2.60. The van der Waals surface area contributed by atoms with Gasteiger partial charge < -0.3 is 20.1 Å². The first-order chi connectivity index (χ1) is 15.7. The van der Waals surface area contributed by atoms with Crippen LogP contribution in [0.3, 0.4) is 0 Å². The molecule has 1 unspecified atom stereocenters. The topological polar surface area (TPSA) is 85.6 Å². The van der Waals surface area contributed by atoms with Gasteiger partial charge in [0.1, 0.15) is 30.3 Å². The number of nitrogens with one attached hydrogen (secondary N) is 2. The van der Waals surface area contributed by atoms with Gasteiger partial charge in [0.25, 0.3) is 0 Å². The van der Waals surface area contributed by atoms with Crippen LogP contribution in [0, 0.1) is 0 Å². The van der Waals surface area contributed by atoms with Crippen molar-refractivity contribution in [2.75, 3.05) is 13.2 Å². The maximum atomic E-state index is 5.94. The van der Waals surface area contributed by atoms with Crippen molar-refractivity contribution in [3.05, 3.63) is 65.7 Å².